The monoisotopic (exact) mass is 425 g/mol. The van der Waals surface area contributed by atoms with Gasteiger partial charge in [0.15, 0.2) is 0 Å². The van der Waals surface area contributed by atoms with Crippen molar-refractivity contribution < 1.29 is 13.9 Å². The van der Waals surface area contributed by atoms with E-state index in [0.717, 1.165) is 35.2 Å². The largest absolute Gasteiger partial charge is 0.486 e. The Bertz CT molecular complexity index is 1010. The molecule has 2 heterocycles. The van der Waals surface area contributed by atoms with Crippen molar-refractivity contribution >= 4 is 22.9 Å². The number of piperazine rings is 1. The highest BCUT2D eigenvalue weighted by Gasteiger charge is 2.25. The van der Waals surface area contributed by atoms with Crippen LogP contribution in [0.4, 0.5) is 10.1 Å². The molecule has 1 aliphatic heterocycles. The maximum Gasteiger partial charge on any atom is 0.265 e. The molecule has 0 spiro atoms. The fourth-order valence-corrected chi connectivity index (χ4v) is 4.40. The molecule has 0 bridgehead atoms. The Kier molecular flexibility index (Phi) is 5.99. The second kappa shape index (κ2) is 8.83. The summed E-state index contributed by atoms with van der Waals surface area (Å²) in [5.41, 5.74) is 2.90. The van der Waals surface area contributed by atoms with Gasteiger partial charge in [0.05, 0.1) is 5.69 Å². The highest BCUT2D eigenvalue weighted by Crippen LogP contribution is 2.24. The van der Waals surface area contributed by atoms with Crippen LogP contribution in [0.2, 0.25) is 0 Å². The van der Waals surface area contributed by atoms with Crippen molar-refractivity contribution in [2.45, 2.75) is 20.5 Å². The minimum absolute atomic E-state index is 0.0188. The summed E-state index contributed by atoms with van der Waals surface area (Å²) in [5, 5.41) is 0.793. The zero-order valence-electron chi connectivity index (χ0n) is 17.1. The lowest BCUT2D eigenvalue weighted by molar-refractivity contribution is 0.0750. The molecule has 0 unspecified atom stereocenters. The molecule has 2 aromatic carbocycles. The molecule has 0 saturated carbocycles. The Balaban J connectivity index is 1.35. The fourth-order valence-electron chi connectivity index (χ4n) is 3.46. The molecule has 7 heteroatoms. The van der Waals surface area contributed by atoms with Crippen LogP contribution in [0.15, 0.2) is 48.5 Å². The molecule has 1 aromatic heterocycles. The lowest BCUT2D eigenvalue weighted by Crippen LogP contribution is -2.48. The van der Waals surface area contributed by atoms with Crippen molar-refractivity contribution in [3.05, 3.63) is 75.5 Å². The van der Waals surface area contributed by atoms with Crippen LogP contribution in [0.25, 0.3) is 0 Å². The topological polar surface area (TPSA) is 45.7 Å². The van der Waals surface area contributed by atoms with Crippen molar-refractivity contribution in [3.63, 3.8) is 0 Å². The van der Waals surface area contributed by atoms with Crippen LogP contribution in [-0.4, -0.2) is 42.0 Å². The number of carbonyl (C=O) groups excluding carboxylic acids is 1. The first-order valence-corrected chi connectivity index (χ1v) is 10.8. The van der Waals surface area contributed by atoms with Gasteiger partial charge in [0.1, 0.15) is 28.1 Å². The van der Waals surface area contributed by atoms with Gasteiger partial charge in [-0.3, -0.25) is 4.79 Å². The summed E-state index contributed by atoms with van der Waals surface area (Å²) in [7, 11) is 0. The normalized spacial score (nSPS) is 14.1. The zero-order valence-corrected chi connectivity index (χ0v) is 17.9. The lowest BCUT2D eigenvalue weighted by Gasteiger charge is -2.36. The number of thiazole rings is 1. The number of halogens is 1. The number of aryl methyl sites for hydroxylation is 2. The van der Waals surface area contributed by atoms with E-state index in [2.05, 4.69) is 9.88 Å². The first-order chi connectivity index (χ1) is 14.5. The van der Waals surface area contributed by atoms with Crippen LogP contribution in [-0.2, 0) is 6.61 Å². The van der Waals surface area contributed by atoms with Crippen LogP contribution in [0.5, 0.6) is 5.75 Å². The summed E-state index contributed by atoms with van der Waals surface area (Å²) in [6, 6.07) is 14.4. The van der Waals surface area contributed by atoms with Crippen molar-refractivity contribution in [3.8, 4) is 5.75 Å². The number of rotatable bonds is 5. The number of hydrogen-bond acceptors (Lipinski definition) is 5. The van der Waals surface area contributed by atoms with E-state index in [1.807, 2.05) is 43.0 Å². The van der Waals surface area contributed by atoms with E-state index in [1.54, 1.807) is 12.1 Å². The molecule has 1 aliphatic rings. The van der Waals surface area contributed by atoms with Crippen molar-refractivity contribution in [2.24, 2.45) is 0 Å². The Morgan fingerprint density at radius 1 is 1.03 bits per heavy atom. The van der Waals surface area contributed by atoms with Crippen molar-refractivity contribution in [1.82, 2.24) is 9.88 Å². The van der Waals surface area contributed by atoms with Gasteiger partial charge >= 0.3 is 0 Å². The van der Waals surface area contributed by atoms with Gasteiger partial charge < -0.3 is 14.5 Å². The lowest BCUT2D eigenvalue weighted by atomic mass is 10.2. The smallest absolute Gasteiger partial charge is 0.265 e. The third-order valence-electron chi connectivity index (χ3n) is 5.18. The van der Waals surface area contributed by atoms with Gasteiger partial charge in [-0.05, 0) is 50.2 Å². The number of benzene rings is 2. The van der Waals surface area contributed by atoms with Gasteiger partial charge in [0, 0.05) is 31.9 Å². The first-order valence-electron chi connectivity index (χ1n) is 9.95. The van der Waals surface area contributed by atoms with E-state index in [1.165, 1.54) is 29.0 Å². The minimum Gasteiger partial charge on any atom is -0.486 e. The average Bonchev–Trinajstić information content (AvgIpc) is 3.14. The minimum atomic E-state index is -0.240. The average molecular weight is 426 g/mol. The Labute approximate surface area is 179 Å². The molecule has 0 radical (unpaired) electrons. The van der Waals surface area contributed by atoms with Gasteiger partial charge in [0.25, 0.3) is 5.91 Å². The zero-order chi connectivity index (χ0) is 21.1. The number of hydrogen-bond donors (Lipinski definition) is 0. The molecule has 1 saturated heterocycles. The SMILES string of the molecule is Cc1ccc(OCc2nc(C)c(C(=O)N3CCN(c4ccc(F)cc4)CC3)s2)cc1. The number of anilines is 1. The molecule has 0 N–H and O–H groups in total. The van der Waals surface area contributed by atoms with E-state index in [4.69, 9.17) is 4.74 Å². The summed E-state index contributed by atoms with van der Waals surface area (Å²) < 4.78 is 18.9. The van der Waals surface area contributed by atoms with Gasteiger partial charge in [-0.1, -0.05) is 17.7 Å². The second-order valence-electron chi connectivity index (χ2n) is 7.38. The third-order valence-corrected chi connectivity index (χ3v) is 6.30. The van der Waals surface area contributed by atoms with Gasteiger partial charge in [0.2, 0.25) is 0 Å². The number of carbonyl (C=O) groups is 1. The van der Waals surface area contributed by atoms with Gasteiger partial charge in [-0.15, -0.1) is 11.3 Å². The van der Waals surface area contributed by atoms with E-state index in [-0.39, 0.29) is 11.7 Å². The standard InChI is InChI=1S/C23H24FN3O2S/c1-16-3-9-20(10-4-16)29-15-21-25-17(2)22(30-21)23(28)27-13-11-26(12-14-27)19-7-5-18(24)6-8-19/h3-10H,11-15H2,1-2H3. The molecule has 4 rings (SSSR count). The Morgan fingerprint density at radius 2 is 1.70 bits per heavy atom. The van der Waals surface area contributed by atoms with E-state index in [9.17, 15) is 9.18 Å². The molecule has 0 atom stereocenters. The maximum atomic E-state index is 13.1. The molecular weight excluding hydrogens is 401 g/mol. The molecule has 30 heavy (non-hydrogen) atoms. The van der Waals surface area contributed by atoms with Crippen LogP contribution >= 0.6 is 11.3 Å². The Morgan fingerprint density at radius 3 is 2.37 bits per heavy atom. The molecule has 0 aliphatic carbocycles. The third kappa shape index (κ3) is 4.62. The van der Waals surface area contributed by atoms with Gasteiger partial charge in [-0.25, -0.2) is 9.37 Å². The van der Waals surface area contributed by atoms with Crippen molar-refractivity contribution in [2.75, 3.05) is 31.1 Å². The van der Waals surface area contributed by atoms with Gasteiger partial charge in [-0.2, -0.15) is 0 Å². The van der Waals surface area contributed by atoms with Crippen LogP contribution in [0.3, 0.4) is 0 Å². The Hall–Kier alpha value is -2.93. The van der Waals surface area contributed by atoms with E-state index in [0.29, 0.717) is 24.6 Å². The summed E-state index contributed by atoms with van der Waals surface area (Å²) in [6.45, 7) is 6.95. The van der Waals surface area contributed by atoms with Crippen molar-refractivity contribution in [1.29, 1.82) is 0 Å². The highest BCUT2D eigenvalue weighted by molar-refractivity contribution is 7.13. The number of ether oxygens (including phenoxy) is 1. The summed E-state index contributed by atoms with van der Waals surface area (Å²) in [5.74, 6) is 0.569. The highest BCUT2D eigenvalue weighted by atomic mass is 32.1. The number of amides is 1. The number of aromatic nitrogens is 1. The molecule has 5 nitrogen and oxygen atoms in total. The van der Waals surface area contributed by atoms with E-state index < -0.39 is 0 Å². The maximum absolute atomic E-state index is 13.1. The predicted octanol–water partition coefficient (Wildman–Crippen LogP) is 4.44. The molecule has 1 amide bonds. The quantitative estimate of drug-likeness (QED) is 0.606. The predicted molar refractivity (Wildman–Crippen MR) is 117 cm³/mol. The van der Waals surface area contributed by atoms with Crippen LogP contribution in [0.1, 0.15) is 25.9 Å². The van der Waals surface area contributed by atoms with E-state index >= 15 is 0 Å². The summed E-state index contributed by atoms with van der Waals surface area (Å²) in [4.78, 5) is 22.3. The second-order valence-corrected chi connectivity index (χ2v) is 8.46. The molecule has 3 aromatic rings. The fraction of sp³-hybridized carbons (Fsp3) is 0.304. The summed E-state index contributed by atoms with van der Waals surface area (Å²) in [6.07, 6.45) is 0. The van der Waals surface area contributed by atoms with Crippen LogP contribution < -0.4 is 9.64 Å². The summed E-state index contributed by atoms with van der Waals surface area (Å²) >= 11 is 1.40. The van der Waals surface area contributed by atoms with Crippen LogP contribution in [0, 0.1) is 19.7 Å². The molecular formula is C23H24FN3O2S. The number of nitrogens with zero attached hydrogens (tertiary/aromatic N) is 3. The molecule has 1 fully saturated rings. The molecule has 156 valence electrons. The first kappa shape index (κ1) is 20.3.